The van der Waals surface area contributed by atoms with Crippen molar-refractivity contribution in [2.24, 2.45) is 0 Å². The second-order valence-electron chi connectivity index (χ2n) is 11.8. The van der Waals surface area contributed by atoms with E-state index in [4.69, 9.17) is 20.4 Å². The van der Waals surface area contributed by atoms with E-state index in [-0.39, 0.29) is 0 Å². The fourth-order valence-electron chi connectivity index (χ4n) is 4.59. The summed E-state index contributed by atoms with van der Waals surface area (Å²) in [5.74, 6) is -1.94. The van der Waals surface area contributed by atoms with Gasteiger partial charge in [0.05, 0.1) is 0 Å². The molecular formula is C35H70O7. The summed E-state index contributed by atoms with van der Waals surface area (Å²) in [6.45, 7) is 5.62. The minimum atomic E-state index is -1.79. The van der Waals surface area contributed by atoms with Crippen molar-refractivity contribution < 1.29 is 34.8 Å². The zero-order valence-corrected chi connectivity index (χ0v) is 27.9. The first-order valence-corrected chi connectivity index (χ1v) is 17.5. The fraction of sp³-hybridized carbons (Fsp3) is 0.914. The Morgan fingerprint density at radius 3 is 0.714 bits per heavy atom. The largest absolute Gasteiger partial charge is 0.481 e. The van der Waals surface area contributed by atoms with Gasteiger partial charge in [-0.15, -0.1) is 0 Å². The van der Waals surface area contributed by atoms with Crippen molar-refractivity contribution in [3.05, 3.63) is 0 Å². The Bertz CT molecular complexity index is 524. The van der Waals surface area contributed by atoms with Crippen LogP contribution in [0.2, 0.25) is 0 Å². The lowest BCUT2D eigenvalue weighted by molar-refractivity contribution is -0.142. The highest BCUT2D eigenvalue weighted by Crippen LogP contribution is 2.14. The summed E-state index contributed by atoms with van der Waals surface area (Å²) in [6.07, 6.45) is 32.8. The molecule has 252 valence electrons. The minimum Gasteiger partial charge on any atom is -0.481 e. The van der Waals surface area contributed by atoms with Gasteiger partial charge in [-0.25, -0.2) is 0 Å². The van der Waals surface area contributed by atoms with E-state index in [9.17, 15) is 14.4 Å². The molecule has 0 bridgehead atoms. The number of carbonyl (C=O) groups is 3. The maximum Gasteiger partial charge on any atom is 0.303 e. The SMILES string of the molecule is CC(=O)C(O)O.CCCCCCCCCCCCCCCC(=O)O.CCCCCCCCCCCCCCCC(=O)O. The highest BCUT2D eigenvalue weighted by molar-refractivity contribution is 5.78. The minimum absolute atomic E-state index is 0.345. The van der Waals surface area contributed by atoms with Gasteiger partial charge < -0.3 is 20.4 Å². The highest BCUT2D eigenvalue weighted by atomic mass is 16.5. The lowest BCUT2D eigenvalue weighted by Gasteiger charge is -2.02. The van der Waals surface area contributed by atoms with Gasteiger partial charge in [-0.3, -0.25) is 14.4 Å². The van der Waals surface area contributed by atoms with Crippen molar-refractivity contribution in [2.75, 3.05) is 0 Å². The number of carboxylic acids is 2. The Balaban J connectivity index is -0.000000607. The van der Waals surface area contributed by atoms with Crippen LogP contribution in [0.3, 0.4) is 0 Å². The third-order valence-corrected chi connectivity index (χ3v) is 7.35. The highest BCUT2D eigenvalue weighted by Gasteiger charge is 2.00. The number of hydrogen-bond donors (Lipinski definition) is 4. The molecule has 0 amide bonds. The Labute approximate surface area is 259 Å². The van der Waals surface area contributed by atoms with Crippen molar-refractivity contribution in [1.82, 2.24) is 0 Å². The molecule has 0 heterocycles. The number of unbranched alkanes of at least 4 members (excludes halogenated alkanes) is 24. The van der Waals surface area contributed by atoms with Gasteiger partial charge in [0.15, 0.2) is 5.78 Å². The first-order chi connectivity index (χ1) is 20.2. The van der Waals surface area contributed by atoms with Gasteiger partial charge in [-0.2, -0.15) is 0 Å². The number of aliphatic carboxylic acids is 2. The number of hydrogen-bond acceptors (Lipinski definition) is 5. The zero-order chi connectivity index (χ0) is 32.1. The normalized spacial score (nSPS) is 10.5. The predicted octanol–water partition coefficient (Wildman–Crippen LogP) is 9.99. The third-order valence-electron chi connectivity index (χ3n) is 7.35. The number of carboxylic acid groups (broad SMARTS) is 2. The molecule has 0 unspecified atom stereocenters. The number of rotatable bonds is 29. The van der Waals surface area contributed by atoms with Crippen molar-refractivity contribution in [2.45, 2.75) is 207 Å². The van der Waals surface area contributed by atoms with Crippen LogP contribution >= 0.6 is 0 Å². The molecule has 0 rings (SSSR count). The zero-order valence-electron chi connectivity index (χ0n) is 27.9. The maximum atomic E-state index is 10.3. The van der Waals surface area contributed by atoms with Gasteiger partial charge in [-0.05, 0) is 19.8 Å². The van der Waals surface area contributed by atoms with E-state index >= 15 is 0 Å². The van der Waals surface area contributed by atoms with E-state index in [1.165, 1.54) is 141 Å². The molecule has 0 spiro atoms. The van der Waals surface area contributed by atoms with Crippen LogP contribution in [0.1, 0.15) is 201 Å². The Hall–Kier alpha value is -1.47. The van der Waals surface area contributed by atoms with Gasteiger partial charge in [0.25, 0.3) is 0 Å². The Morgan fingerprint density at radius 1 is 0.405 bits per heavy atom. The summed E-state index contributed by atoms with van der Waals surface area (Å²) >= 11 is 0. The molecule has 0 aromatic rings. The second kappa shape index (κ2) is 39.5. The number of Topliss-reactive ketones (excluding diaryl/α,β-unsaturated/α-hetero) is 1. The van der Waals surface area contributed by atoms with Crippen LogP contribution in [0, 0.1) is 0 Å². The van der Waals surface area contributed by atoms with Crippen LogP contribution in [0.5, 0.6) is 0 Å². The van der Waals surface area contributed by atoms with Gasteiger partial charge in [0.2, 0.25) is 6.29 Å². The first kappa shape index (κ1) is 45.0. The average Bonchev–Trinajstić information content (AvgIpc) is 2.94. The molecule has 0 saturated carbocycles. The van der Waals surface area contributed by atoms with Crippen LogP contribution in [0.25, 0.3) is 0 Å². The first-order valence-electron chi connectivity index (χ1n) is 17.5. The summed E-state index contributed by atoms with van der Waals surface area (Å²) in [6, 6.07) is 0. The van der Waals surface area contributed by atoms with E-state index in [2.05, 4.69) is 13.8 Å². The summed E-state index contributed by atoms with van der Waals surface area (Å²) in [7, 11) is 0. The second-order valence-corrected chi connectivity index (χ2v) is 11.8. The molecular weight excluding hydrogens is 532 g/mol. The molecule has 0 aliphatic rings. The van der Waals surface area contributed by atoms with E-state index < -0.39 is 24.0 Å². The van der Waals surface area contributed by atoms with Crippen LogP contribution in [-0.4, -0.2) is 44.4 Å². The fourth-order valence-corrected chi connectivity index (χ4v) is 4.59. The summed E-state index contributed by atoms with van der Waals surface area (Å²) in [5, 5.41) is 32.7. The molecule has 0 radical (unpaired) electrons. The number of ketones is 1. The van der Waals surface area contributed by atoms with E-state index in [1.54, 1.807) is 0 Å². The molecule has 7 heteroatoms. The smallest absolute Gasteiger partial charge is 0.303 e. The molecule has 4 N–H and O–H groups in total. The summed E-state index contributed by atoms with van der Waals surface area (Å²) in [4.78, 5) is 30.2. The van der Waals surface area contributed by atoms with Gasteiger partial charge in [0.1, 0.15) is 0 Å². The maximum absolute atomic E-state index is 10.3. The van der Waals surface area contributed by atoms with Crippen LogP contribution < -0.4 is 0 Å². The Kier molecular flexibility index (Phi) is 42.3. The molecule has 7 nitrogen and oxygen atoms in total. The molecule has 0 aliphatic carbocycles. The van der Waals surface area contributed by atoms with Gasteiger partial charge in [0, 0.05) is 12.8 Å². The number of carbonyl (C=O) groups excluding carboxylic acids is 1. The molecule has 0 saturated heterocycles. The number of aliphatic hydroxyl groups is 2. The Morgan fingerprint density at radius 2 is 0.571 bits per heavy atom. The third kappa shape index (κ3) is 51.3. The van der Waals surface area contributed by atoms with Crippen LogP contribution in [0.4, 0.5) is 0 Å². The van der Waals surface area contributed by atoms with Crippen LogP contribution in [0.15, 0.2) is 0 Å². The molecule has 0 aliphatic heterocycles. The topological polar surface area (TPSA) is 132 Å². The van der Waals surface area contributed by atoms with E-state index in [0.717, 1.165) is 32.6 Å². The van der Waals surface area contributed by atoms with E-state index in [1.807, 2.05) is 0 Å². The quantitative estimate of drug-likeness (QED) is 0.0494. The molecule has 0 fully saturated rings. The van der Waals surface area contributed by atoms with Crippen molar-refractivity contribution in [3.63, 3.8) is 0 Å². The summed E-state index contributed by atoms with van der Waals surface area (Å²) < 4.78 is 0. The lowest BCUT2D eigenvalue weighted by Crippen LogP contribution is -2.14. The predicted molar refractivity (Wildman–Crippen MR) is 175 cm³/mol. The lowest BCUT2D eigenvalue weighted by atomic mass is 10.0. The molecule has 0 aromatic heterocycles. The molecule has 42 heavy (non-hydrogen) atoms. The van der Waals surface area contributed by atoms with E-state index in [0.29, 0.717) is 12.8 Å². The van der Waals surface area contributed by atoms with Crippen molar-refractivity contribution >= 4 is 17.7 Å². The standard InChI is InChI=1S/2C16H32O2.C3H6O3/c2*1-2-3-4-5-6-7-8-9-10-11-12-13-14-15-16(17)18;1-2(4)3(5)6/h2*2-15H2,1H3,(H,17,18);3,5-6H,1H3. The average molecular weight is 603 g/mol. The van der Waals surface area contributed by atoms with Gasteiger partial charge in [-0.1, -0.05) is 168 Å². The summed E-state index contributed by atoms with van der Waals surface area (Å²) in [5.41, 5.74) is 0. The van der Waals surface area contributed by atoms with Crippen molar-refractivity contribution in [1.29, 1.82) is 0 Å². The molecule has 0 aromatic carbocycles. The monoisotopic (exact) mass is 603 g/mol. The number of aliphatic hydroxyl groups excluding tert-OH is 1. The van der Waals surface area contributed by atoms with Crippen LogP contribution in [-0.2, 0) is 14.4 Å². The molecule has 0 atom stereocenters. The van der Waals surface area contributed by atoms with Gasteiger partial charge >= 0.3 is 11.9 Å². The van der Waals surface area contributed by atoms with Crippen molar-refractivity contribution in [3.8, 4) is 0 Å².